The van der Waals surface area contributed by atoms with Crippen molar-refractivity contribution in [3.63, 3.8) is 0 Å². The molecule has 0 saturated carbocycles. The number of nitrogens with one attached hydrogen (secondary N) is 2. The van der Waals surface area contributed by atoms with Crippen molar-refractivity contribution in [1.29, 1.82) is 5.26 Å². The zero-order valence-corrected chi connectivity index (χ0v) is 22.4. The lowest BCUT2D eigenvalue weighted by atomic mass is 10.1. The van der Waals surface area contributed by atoms with Gasteiger partial charge in [-0.15, -0.1) is 0 Å². The maximum Gasteiger partial charge on any atom is 0.260 e. The summed E-state index contributed by atoms with van der Waals surface area (Å²) in [5.41, 5.74) is 4.13. The van der Waals surface area contributed by atoms with E-state index in [1.54, 1.807) is 6.07 Å². The maximum absolute atomic E-state index is 12.7. The number of amides is 1. The fourth-order valence-electron chi connectivity index (χ4n) is 3.65. The highest BCUT2D eigenvalue weighted by atomic mass is 79.9. The van der Waals surface area contributed by atoms with Crippen molar-refractivity contribution in [2.24, 2.45) is 0 Å². The molecule has 0 spiro atoms. The smallest absolute Gasteiger partial charge is 0.260 e. The van der Waals surface area contributed by atoms with Crippen LogP contribution in [0.4, 0.5) is 5.69 Å². The molecule has 1 amide bonds. The summed E-state index contributed by atoms with van der Waals surface area (Å²) in [6, 6.07) is 21.4. The Kier molecular flexibility index (Phi) is 8.57. The molecule has 4 rings (SSSR count). The van der Waals surface area contributed by atoms with Gasteiger partial charge in [-0.05, 0) is 60.9 Å². The highest BCUT2D eigenvalue weighted by molar-refractivity contribution is 9.10. The minimum Gasteiger partial charge on any atom is -0.490 e. The molecule has 2 N–H and O–H groups in total. The Balaban J connectivity index is 1.51. The molecular formula is C28H26BrN3O3S. The molecule has 1 atom stereocenters. The third-order valence-electron chi connectivity index (χ3n) is 5.56. The molecule has 0 unspecified atom stereocenters. The third kappa shape index (κ3) is 6.23. The summed E-state index contributed by atoms with van der Waals surface area (Å²) in [7, 11) is 0. The van der Waals surface area contributed by atoms with Crippen LogP contribution in [0.5, 0.6) is 11.5 Å². The monoisotopic (exact) mass is 563 g/mol. The lowest BCUT2D eigenvalue weighted by Gasteiger charge is -2.15. The van der Waals surface area contributed by atoms with E-state index in [0.717, 1.165) is 27.7 Å². The SMILES string of the molecule is CCOc1cc(/C=C2\S[C@H](Nc3ccc(CC)cc3)NC2=O)c(Br)cc1OCc1ccccc1C#N. The number of nitriles is 1. The second-order valence-electron chi connectivity index (χ2n) is 7.99. The Bertz CT molecular complexity index is 1320. The number of thioether (sulfide) groups is 1. The van der Waals surface area contributed by atoms with Crippen molar-refractivity contribution in [2.45, 2.75) is 32.4 Å². The van der Waals surface area contributed by atoms with Gasteiger partial charge in [-0.25, -0.2) is 0 Å². The first kappa shape index (κ1) is 25.7. The highest BCUT2D eigenvalue weighted by Gasteiger charge is 2.27. The van der Waals surface area contributed by atoms with Gasteiger partial charge < -0.3 is 20.1 Å². The molecule has 3 aromatic rings. The van der Waals surface area contributed by atoms with Crippen molar-refractivity contribution >= 4 is 45.4 Å². The van der Waals surface area contributed by atoms with Crippen molar-refractivity contribution in [3.05, 3.63) is 92.3 Å². The maximum atomic E-state index is 12.7. The second kappa shape index (κ2) is 12.0. The Morgan fingerprint density at radius 3 is 2.58 bits per heavy atom. The van der Waals surface area contributed by atoms with Gasteiger partial charge in [0, 0.05) is 15.7 Å². The Labute approximate surface area is 223 Å². The van der Waals surface area contributed by atoms with Gasteiger partial charge >= 0.3 is 0 Å². The average molecular weight is 565 g/mol. The number of rotatable bonds is 9. The van der Waals surface area contributed by atoms with Gasteiger partial charge in [0.15, 0.2) is 17.0 Å². The molecule has 36 heavy (non-hydrogen) atoms. The van der Waals surface area contributed by atoms with Crippen molar-refractivity contribution in [3.8, 4) is 17.6 Å². The summed E-state index contributed by atoms with van der Waals surface area (Å²) < 4.78 is 12.6. The summed E-state index contributed by atoms with van der Waals surface area (Å²) in [5.74, 6) is 0.981. The number of anilines is 1. The van der Waals surface area contributed by atoms with Crippen LogP contribution in [0.25, 0.3) is 6.08 Å². The number of ether oxygens (including phenoxy) is 2. The van der Waals surface area contributed by atoms with Crippen molar-refractivity contribution in [1.82, 2.24) is 5.32 Å². The van der Waals surface area contributed by atoms with Crippen LogP contribution in [0.3, 0.4) is 0 Å². The first-order chi connectivity index (χ1) is 17.5. The van der Waals surface area contributed by atoms with Gasteiger partial charge in [-0.1, -0.05) is 64.9 Å². The van der Waals surface area contributed by atoms with Crippen LogP contribution in [-0.2, 0) is 17.8 Å². The van der Waals surface area contributed by atoms with E-state index in [4.69, 9.17) is 9.47 Å². The van der Waals surface area contributed by atoms with E-state index in [0.29, 0.717) is 28.6 Å². The second-order valence-corrected chi connectivity index (χ2v) is 9.99. The van der Waals surface area contributed by atoms with E-state index in [2.05, 4.69) is 51.7 Å². The average Bonchev–Trinajstić information content (AvgIpc) is 3.23. The molecule has 3 aromatic carbocycles. The van der Waals surface area contributed by atoms with Gasteiger partial charge in [0.05, 0.1) is 23.1 Å². The van der Waals surface area contributed by atoms with Gasteiger partial charge in [0.1, 0.15) is 6.61 Å². The number of benzene rings is 3. The van der Waals surface area contributed by atoms with Crippen LogP contribution in [0.1, 0.15) is 36.1 Å². The normalized spacial score (nSPS) is 15.9. The fourth-order valence-corrected chi connectivity index (χ4v) is 5.06. The van der Waals surface area contributed by atoms with Crippen LogP contribution in [0.15, 0.2) is 70.0 Å². The Morgan fingerprint density at radius 2 is 1.86 bits per heavy atom. The predicted molar refractivity (Wildman–Crippen MR) is 148 cm³/mol. The molecule has 1 saturated heterocycles. The first-order valence-electron chi connectivity index (χ1n) is 11.6. The molecule has 0 radical (unpaired) electrons. The highest BCUT2D eigenvalue weighted by Crippen LogP contribution is 2.38. The van der Waals surface area contributed by atoms with Crippen LogP contribution >= 0.6 is 27.7 Å². The summed E-state index contributed by atoms with van der Waals surface area (Å²) in [5, 5.41) is 15.6. The molecule has 1 aliphatic heterocycles. The molecule has 1 heterocycles. The summed E-state index contributed by atoms with van der Waals surface area (Å²) >= 11 is 5.04. The van der Waals surface area contributed by atoms with Crippen LogP contribution in [0, 0.1) is 11.3 Å². The van der Waals surface area contributed by atoms with E-state index < -0.39 is 0 Å². The molecule has 0 bridgehead atoms. The number of carbonyl (C=O) groups excluding carboxylic acids is 1. The molecular weight excluding hydrogens is 538 g/mol. The van der Waals surface area contributed by atoms with Crippen molar-refractivity contribution in [2.75, 3.05) is 11.9 Å². The summed E-state index contributed by atoms with van der Waals surface area (Å²) in [6.07, 6.45) is 2.82. The topological polar surface area (TPSA) is 83.4 Å². The largest absolute Gasteiger partial charge is 0.490 e. The van der Waals surface area contributed by atoms with Crippen LogP contribution < -0.4 is 20.1 Å². The molecule has 6 nitrogen and oxygen atoms in total. The summed E-state index contributed by atoms with van der Waals surface area (Å²) in [4.78, 5) is 13.2. The molecule has 1 fully saturated rings. The lowest BCUT2D eigenvalue weighted by molar-refractivity contribution is -0.116. The first-order valence-corrected chi connectivity index (χ1v) is 13.3. The number of hydrogen-bond donors (Lipinski definition) is 2. The fraction of sp³-hybridized carbons (Fsp3) is 0.214. The quantitative estimate of drug-likeness (QED) is 0.290. The molecule has 1 aliphatic rings. The third-order valence-corrected chi connectivity index (χ3v) is 7.28. The molecule has 0 aliphatic carbocycles. The minimum absolute atomic E-state index is 0.138. The van der Waals surface area contributed by atoms with Crippen LogP contribution in [0.2, 0.25) is 0 Å². The van der Waals surface area contributed by atoms with Crippen molar-refractivity contribution < 1.29 is 14.3 Å². The Hall–Kier alpha value is -3.41. The molecule has 184 valence electrons. The number of nitrogens with zero attached hydrogens (tertiary/aromatic N) is 1. The van der Waals surface area contributed by atoms with E-state index in [9.17, 15) is 10.1 Å². The van der Waals surface area contributed by atoms with E-state index >= 15 is 0 Å². The number of carbonyl (C=O) groups is 1. The minimum atomic E-state index is -0.260. The van der Waals surface area contributed by atoms with E-state index in [-0.39, 0.29) is 18.0 Å². The number of aryl methyl sites for hydroxylation is 1. The van der Waals surface area contributed by atoms with Gasteiger partial charge in [0.2, 0.25) is 0 Å². The Morgan fingerprint density at radius 1 is 1.11 bits per heavy atom. The zero-order chi connectivity index (χ0) is 25.5. The zero-order valence-electron chi connectivity index (χ0n) is 20.0. The van der Waals surface area contributed by atoms with E-state index in [1.165, 1.54) is 17.3 Å². The van der Waals surface area contributed by atoms with Gasteiger partial charge in [-0.3, -0.25) is 4.79 Å². The summed E-state index contributed by atoms with van der Waals surface area (Å²) in [6.45, 7) is 4.72. The predicted octanol–water partition coefficient (Wildman–Crippen LogP) is 6.46. The van der Waals surface area contributed by atoms with E-state index in [1.807, 2.05) is 55.5 Å². The number of hydrogen-bond acceptors (Lipinski definition) is 6. The molecule has 8 heteroatoms. The van der Waals surface area contributed by atoms with Gasteiger partial charge in [0.25, 0.3) is 5.91 Å². The van der Waals surface area contributed by atoms with Crippen LogP contribution in [-0.4, -0.2) is 18.0 Å². The standard InChI is InChI=1S/C28H26BrN3O3S/c1-3-18-9-11-22(12-10-18)31-28-32-27(33)26(36-28)14-21-13-24(34-4-2)25(15-23(21)29)35-17-20-8-6-5-7-19(20)16-30/h5-15,28,31H,3-4,17H2,1-2H3,(H,32,33)/b26-14-/t28-/m1/s1. The molecule has 0 aromatic heterocycles. The van der Waals surface area contributed by atoms with Gasteiger partial charge in [-0.2, -0.15) is 5.26 Å². The number of halogens is 1. The lowest BCUT2D eigenvalue weighted by Crippen LogP contribution is -2.30.